The Kier molecular flexibility index (Phi) is 4.66. The van der Waals surface area contributed by atoms with E-state index < -0.39 is 5.97 Å². The molecule has 124 valence electrons. The summed E-state index contributed by atoms with van der Waals surface area (Å²) in [6.07, 6.45) is 2.71. The van der Waals surface area contributed by atoms with Crippen molar-refractivity contribution >= 4 is 17.6 Å². The maximum Gasteiger partial charge on any atom is 0.303 e. The highest BCUT2D eigenvalue weighted by molar-refractivity contribution is 6.30. The Bertz CT molecular complexity index is 852. The van der Waals surface area contributed by atoms with Gasteiger partial charge in [0.05, 0.1) is 6.20 Å². The summed E-state index contributed by atoms with van der Waals surface area (Å²) in [4.78, 5) is 22.5. The number of carboxylic acid groups (broad SMARTS) is 1. The van der Waals surface area contributed by atoms with Crippen molar-refractivity contribution in [2.24, 2.45) is 0 Å². The van der Waals surface area contributed by atoms with Crippen molar-refractivity contribution in [3.63, 3.8) is 0 Å². The van der Waals surface area contributed by atoms with Gasteiger partial charge in [-0.2, -0.15) is 0 Å². The fraction of sp³-hybridized carbons (Fsp3) is 0.235. The predicted molar refractivity (Wildman–Crippen MR) is 89.8 cm³/mol. The van der Waals surface area contributed by atoms with Crippen molar-refractivity contribution < 1.29 is 14.3 Å². The van der Waals surface area contributed by atoms with Crippen LogP contribution in [-0.2, 0) is 11.2 Å². The van der Waals surface area contributed by atoms with E-state index in [0.29, 0.717) is 40.9 Å². The monoisotopic (exact) mass is 345 g/mol. The summed E-state index contributed by atoms with van der Waals surface area (Å²) in [5, 5.41) is 9.46. The molecule has 2 aromatic heterocycles. The fourth-order valence-electron chi connectivity index (χ4n) is 2.40. The lowest BCUT2D eigenvalue weighted by Gasteiger charge is -2.00. The number of aromatic amines is 1. The van der Waals surface area contributed by atoms with Gasteiger partial charge in [0, 0.05) is 23.4 Å². The van der Waals surface area contributed by atoms with E-state index in [4.69, 9.17) is 21.1 Å². The molecule has 0 saturated carbocycles. The molecular weight excluding hydrogens is 330 g/mol. The van der Waals surface area contributed by atoms with Crippen LogP contribution in [0.3, 0.4) is 0 Å². The van der Waals surface area contributed by atoms with Gasteiger partial charge in [0.25, 0.3) is 0 Å². The quantitative estimate of drug-likeness (QED) is 0.701. The first kappa shape index (κ1) is 16.3. The molecule has 0 atom stereocenters. The number of nitrogens with zero attached hydrogens (tertiary/aromatic N) is 2. The van der Waals surface area contributed by atoms with E-state index in [2.05, 4.69) is 15.0 Å². The van der Waals surface area contributed by atoms with E-state index in [9.17, 15) is 4.79 Å². The van der Waals surface area contributed by atoms with Gasteiger partial charge in [-0.05, 0) is 25.5 Å². The standard InChI is InChI=1S/C17H16ClN3O3/c1-10-19-9-13(20-10)17-21-16(11-5-7-12(18)8-6-11)14(24-17)3-2-4-15(22)23/h5-9H,2-4H2,1H3,(H,19,20)(H,22,23). The number of nitrogens with one attached hydrogen (secondary N) is 1. The number of hydrogen-bond donors (Lipinski definition) is 2. The van der Waals surface area contributed by atoms with Gasteiger partial charge in [0.2, 0.25) is 5.89 Å². The number of carboxylic acids is 1. The minimum Gasteiger partial charge on any atom is -0.481 e. The van der Waals surface area contributed by atoms with E-state index >= 15 is 0 Å². The average Bonchev–Trinajstić information content (AvgIpc) is 3.14. The zero-order valence-corrected chi connectivity index (χ0v) is 13.8. The van der Waals surface area contributed by atoms with Gasteiger partial charge < -0.3 is 14.5 Å². The lowest BCUT2D eigenvalue weighted by Crippen LogP contribution is -1.96. The molecule has 2 heterocycles. The molecule has 0 fully saturated rings. The number of H-pyrrole nitrogens is 1. The van der Waals surface area contributed by atoms with Gasteiger partial charge in [-0.1, -0.05) is 23.7 Å². The number of oxazole rings is 1. The zero-order valence-electron chi connectivity index (χ0n) is 13.0. The van der Waals surface area contributed by atoms with Crippen LogP contribution < -0.4 is 0 Å². The second-order valence-electron chi connectivity index (χ2n) is 5.43. The fourth-order valence-corrected chi connectivity index (χ4v) is 2.53. The van der Waals surface area contributed by atoms with E-state index in [1.54, 1.807) is 18.3 Å². The molecule has 2 N–H and O–H groups in total. The van der Waals surface area contributed by atoms with Crippen molar-refractivity contribution in [1.29, 1.82) is 0 Å². The molecule has 0 bridgehead atoms. The number of imidazole rings is 1. The number of carbonyl (C=O) groups is 1. The highest BCUT2D eigenvalue weighted by Gasteiger charge is 2.17. The summed E-state index contributed by atoms with van der Waals surface area (Å²) in [5.74, 6) is 1.03. The third-order valence-corrected chi connectivity index (χ3v) is 3.79. The number of benzene rings is 1. The summed E-state index contributed by atoms with van der Waals surface area (Å²) >= 11 is 5.94. The Morgan fingerprint density at radius 2 is 2.08 bits per heavy atom. The third kappa shape index (κ3) is 3.65. The Morgan fingerprint density at radius 3 is 2.71 bits per heavy atom. The number of hydrogen-bond acceptors (Lipinski definition) is 4. The molecule has 0 spiro atoms. The van der Waals surface area contributed by atoms with E-state index in [0.717, 1.165) is 11.4 Å². The smallest absolute Gasteiger partial charge is 0.303 e. The van der Waals surface area contributed by atoms with Crippen LogP contribution in [0.4, 0.5) is 0 Å². The Balaban J connectivity index is 1.95. The normalized spacial score (nSPS) is 10.9. The van der Waals surface area contributed by atoms with Crippen LogP contribution >= 0.6 is 11.6 Å². The highest BCUT2D eigenvalue weighted by Crippen LogP contribution is 2.30. The lowest BCUT2D eigenvalue weighted by atomic mass is 10.1. The maximum absolute atomic E-state index is 10.7. The molecule has 0 amide bonds. The molecule has 6 nitrogen and oxygen atoms in total. The number of aryl methyl sites for hydroxylation is 2. The van der Waals surface area contributed by atoms with E-state index in [-0.39, 0.29) is 6.42 Å². The number of halogens is 1. The first-order valence-corrected chi connectivity index (χ1v) is 7.90. The first-order valence-electron chi connectivity index (χ1n) is 7.52. The maximum atomic E-state index is 10.7. The molecule has 0 aliphatic heterocycles. The topological polar surface area (TPSA) is 92.0 Å². The number of aliphatic carboxylic acids is 1. The number of aromatic nitrogens is 3. The van der Waals surface area contributed by atoms with Gasteiger partial charge in [-0.3, -0.25) is 4.79 Å². The van der Waals surface area contributed by atoms with Crippen molar-refractivity contribution in [3.05, 3.63) is 47.1 Å². The Labute approximate surface area is 143 Å². The van der Waals surface area contributed by atoms with Crippen molar-refractivity contribution in [3.8, 4) is 22.8 Å². The van der Waals surface area contributed by atoms with Gasteiger partial charge >= 0.3 is 5.97 Å². The molecule has 0 radical (unpaired) electrons. The van der Waals surface area contributed by atoms with Gasteiger partial charge in [-0.15, -0.1) is 0 Å². The SMILES string of the molecule is Cc1ncc(-c2nc(-c3ccc(Cl)cc3)c(CCCC(=O)O)o2)[nH]1. The van der Waals surface area contributed by atoms with E-state index in [1.165, 1.54) is 0 Å². The van der Waals surface area contributed by atoms with Crippen LogP contribution in [0.15, 0.2) is 34.9 Å². The Hall–Kier alpha value is -2.60. The molecule has 0 aliphatic rings. The van der Waals surface area contributed by atoms with Crippen LogP contribution in [0.5, 0.6) is 0 Å². The summed E-state index contributed by atoms with van der Waals surface area (Å²) in [6.45, 7) is 1.85. The zero-order chi connectivity index (χ0) is 17.1. The van der Waals surface area contributed by atoms with Gasteiger partial charge in [0.15, 0.2) is 0 Å². The Morgan fingerprint density at radius 1 is 1.33 bits per heavy atom. The molecule has 1 aromatic carbocycles. The van der Waals surface area contributed by atoms with Crippen molar-refractivity contribution in [2.75, 3.05) is 0 Å². The number of rotatable bonds is 6. The highest BCUT2D eigenvalue weighted by atomic mass is 35.5. The molecular formula is C17H16ClN3O3. The summed E-state index contributed by atoms with van der Waals surface area (Å²) in [7, 11) is 0. The minimum absolute atomic E-state index is 0.0826. The van der Waals surface area contributed by atoms with Crippen LogP contribution in [0.2, 0.25) is 5.02 Å². The molecule has 0 unspecified atom stereocenters. The van der Waals surface area contributed by atoms with Gasteiger partial charge in [-0.25, -0.2) is 9.97 Å². The summed E-state index contributed by atoms with van der Waals surface area (Å²) in [5.41, 5.74) is 2.25. The lowest BCUT2D eigenvalue weighted by molar-refractivity contribution is -0.137. The van der Waals surface area contributed by atoms with Gasteiger partial charge in [0.1, 0.15) is 23.0 Å². The molecule has 7 heteroatoms. The predicted octanol–water partition coefficient (Wildman–Crippen LogP) is 4.10. The average molecular weight is 346 g/mol. The van der Waals surface area contributed by atoms with Crippen LogP contribution in [-0.4, -0.2) is 26.0 Å². The molecule has 0 aliphatic carbocycles. The molecule has 0 saturated heterocycles. The van der Waals surface area contributed by atoms with E-state index in [1.807, 2.05) is 19.1 Å². The third-order valence-electron chi connectivity index (χ3n) is 3.54. The summed E-state index contributed by atoms with van der Waals surface area (Å²) < 4.78 is 5.87. The molecule has 3 rings (SSSR count). The first-order chi connectivity index (χ1) is 11.5. The van der Waals surface area contributed by atoms with Crippen LogP contribution in [0.25, 0.3) is 22.8 Å². The van der Waals surface area contributed by atoms with Crippen molar-refractivity contribution in [1.82, 2.24) is 15.0 Å². The largest absolute Gasteiger partial charge is 0.481 e. The summed E-state index contributed by atoms with van der Waals surface area (Å²) in [6, 6.07) is 7.30. The van der Waals surface area contributed by atoms with Crippen LogP contribution in [0.1, 0.15) is 24.4 Å². The molecule has 3 aromatic rings. The second-order valence-corrected chi connectivity index (χ2v) is 5.86. The second kappa shape index (κ2) is 6.88. The minimum atomic E-state index is -0.827. The molecule has 24 heavy (non-hydrogen) atoms. The van der Waals surface area contributed by atoms with Crippen molar-refractivity contribution in [2.45, 2.75) is 26.2 Å². The van der Waals surface area contributed by atoms with Crippen LogP contribution in [0, 0.1) is 6.92 Å².